The van der Waals surface area contributed by atoms with Crippen molar-refractivity contribution in [3.8, 4) is 0 Å². The minimum atomic E-state index is -4.54. The summed E-state index contributed by atoms with van der Waals surface area (Å²) in [5.41, 5.74) is 6.10. The average Bonchev–Trinajstić information content (AvgIpc) is 2.69. The number of anilines is 1. The first-order valence-corrected chi connectivity index (χ1v) is 7.12. The monoisotopic (exact) mass is 287 g/mol. The van der Waals surface area contributed by atoms with Gasteiger partial charge >= 0.3 is 7.60 Å². The van der Waals surface area contributed by atoms with E-state index in [4.69, 9.17) is 10.5 Å². The van der Waals surface area contributed by atoms with Gasteiger partial charge in [-0.05, 0) is 13.8 Å². The van der Waals surface area contributed by atoms with E-state index in [9.17, 15) is 14.4 Å². The Kier molecular flexibility index (Phi) is 3.55. The summed E-state index contributed by atoms with van der Waals surface area (Å²) in [5.74, 6) is -1.36. The van der Waals surface area contributed by atoms with Gasteiger partial charge in [-0.1, -0.05) is 0 Å². The molecule has 0 saturated carbocycles. The number of fused-ring (bicyclic) bond motifs is 1. The molecule has 1 unspecified atom stereocenters. The third-order valence-electron chi connectivity index (χ3n) is 2.31. The number of nitrogen functional groups attached to an aromatic ring is 1. The van der Waals surface area contributed by atoms with Gasteiger partial charge in [-0.25, -0.2) is 15.0 Å². The van der Waals surface area contributed by atoms with Gasteiger partial charge < -0.3 is 20.3 Å². The van der Waals surface area contributed by atoms with Crippen molar-refractivity contribution in [2.24, 2.45) is 0 Å². The molecular formula is C9H14N5O4P. The van der Waals surface area contributed by atoms with Crippen LogP contribution in [0.1, 0.15) is 19.8 Å². The number of hydrogen-bond donors (Lipinski definition) is 3. The van der Waals surface area contributed by atoms with Crippen LogP contribution in [0.15, 0.2) is 12.7 Å². The molecule has 9 nitrogen and oxygen atoms in total. The van der Waals surface area contributed by atoms with Gasteiger partial charge in [0.2, 0.25) is 5.97 Å². The smallest absolute Gasteiger partial charge is 0.375 e. The second kappa shape index (κ2) is 4.86. The topological polar surface area (TPSA) is 136 Å². The molecule has 10 heteroatoms. The summed E-state index contributed by atoms with van der Waals surface area (Å²) in [6.07, 6.45) is 2.04. The summed E-state index contributed by atoms with van der Waals surface area (Å²) < 4.78 is 18.0. The second-order valence-corrected chi connectivity index (χ2v) is 5.80. The first kappa shape index (κ1) is 13.9. The van der Waals surface area contributed by atoms with Crippen molar-refractivity contribution >= 4 is 24.6 Å². The van der Waals surface area contributed by atoms with E-state index in [0.717, 1.165) is 4.57 Å². The number of aromatic nitrogens is 4. The largest absolute Gasteiger partial charge is 0.382 e. The summed E-state index contributed by atoms with van der Waals surface area (Å²) in [6.45, 7) is 3.34. The maximum absolute atomic E-state index is 11.5. The first-order valence-electron chi connectivity index (χ1n) is 5.44. The molecule has 2 aromatic heterocycles. The predicted octanol–water partition coefficient (Wildman–Crippen LogP) is 0.467. The predicted molar refractivity (Wildman–Crippen MR) is 67.0 cm³/mol. The van der Waals surface area contributed by atoms with Crippen LogP contribution in [-0.4, -0.2) is 35.4 Å². The Balaban J connectivity index is 2.57. The van der Waals surface area contributed by atoms with Gasteiger partial charge in [0.15, 0.2) is 11.5 Å². The summed E-state index contributed by atoms with van der Waals surface area (Å²) >= 11 is 0. The Morgan fingerprint density at radius 2 is 2.05 bits per heavy atom. The van der Waals surface area contributed by atoms with Crippen LogP contribution in [0.5, 0.6) is 0 Å². The lowest BCUT2D eigenvalue weighted by molar-refractivity contribution is 0.00128. The zero-order valence-corrected chi connectivity index (χ0v) is 11.2. The molecule has 2 rings (SSSR count). The minimum absolute atomic E-state index is 0.137. The number of rotatable bonds is 4. The van der Waals surface area contributed by atoms with Crippen molar-refractivity contribution in [1.29, 1.82) is 0 Å². The molecule has 4 N–H and O–H groups in total. The Labute approximate surface area is 108 Å². The van der Waals surface area contributed by atoms with Crippen molar-refractivity contribution in [2.45, 2.75) is 25.9 Å². The Hall–Kier alpha value is -1.54. The molecular weight excluding hydrogens is 273 g/mol. The molecule has 104 valence electrons. The number of nitrogens with two attached hydrogens (primary N) is 1. The highest BCUT2D eigenvalue weighted by molar-refractivity contribution is 7.51. The van der Waals surface area contributed by atoms with Gasteiger partial charge in [0.25, 0.3) is 0 Å². The van der Waals surface area contributed by atoms with Crippen LogP contribution < -0.4 is 5.73 Å². The van der Waals surface area contributed by atoms with Crippen molar-refractivity contribution in [1.82, 2.24) is 19.5 Å². The zero-order chi connectivity index (χ0) is 14.2. The van der Waals surface area contributed by atoms with Gasteiger partial charge in [-0.2, -0.15) is 0 Å². The molecule has 0 aliphatic rings. The van der Waals surface area contributed by atoms with Crippen molar-refractivity contribution in [3.05, 3.63) is 12.7 Å². The quantitative estimate of drug-likeness (QED) is 0.690. The van der Waals surface area contributed by atoms with Crippen LogP contribution >= 0.6 is 7.60 Å². The molecule has 2 heterocycles. The van der Waals surface area contributed by atoms with E-state index in [2.05, 4.69) is 15.0 Å². The highest BCUT2D eigenvalue weighted by Gasteiger charge is 2.34. The second-order valence-electron chi connectivity index (χ2n) is 4.18. The fraction of sp³-hybridized carbons (Fsp3) is 0.444. The lowest BCUT2D eigenvalue weighted by atomic mass is 10.5. The van der Waals surface area contributed by atoms with Crippen molar-refractivity contribution in [3.63, 3.8) is 0 Å². The summed E-state index contributed by atoms with van der Waals surface area (Å²) in [6, 6.07) is 0. The fourth-order valence-corrected chi connectivity index (χ4v) is 2.48. The number of imidazole rings is 1. The first-order chi connectivity index (χ1) is 8.80. The molecule has 0 spiro atoms. The van der Waals surface area contributed by atoms with Crippen LogP contribution in [0.3, 0.4) is 0 Å². The maximum Gasteiger partial charge on any atom is 0.375 e. The lowest BCUT2D eigenvalue weighted by Gasteiger charge is -2.22. The van der Waals surface area contributed by atoms with Crippen molar-refractivity contribution in [2.75, 3.05) is 5.73 Å². The Morgan fingerprint density at radius 1 is 1.37 bits per heavy atom. The number of hydrogen-bond acceptors (Lipinski definition) is 6. The molecule has 0 fully saturated rings. The van der Waals surface area contributed by atoms with Gasteiger partial charge in [0.1, 0.15) is 11.8 Å². The van der Waals surface area contributed by atoms with Gasteiger partial charge in [-0.3, -0.25) is 9.13 Å². The molecule has 0 radical (unpaired) electrons. The van der Waals surface area contributed by atoms with E-state index in [-0.39, 0.29) is 23.1 Å². The molecule has 2 aromatic rings. The van der Waals surface area contributed by atoms with Gasteiger partial charge in [0, 0.05) is 0 Å². The molecule has 19 heavy (non-hydrogen) atoms. The van der Waals surface area contributed by atoms with Gasteiger partial charge in [0.05, 0.1) is 12.4 Å². The Bertz CT molecular complexity index is 637. The molecule has 0 bridgehead atoms. The summed E-state index contributed by atoms with van der Waals surface area (Å²) in [5, 5.41) is 0. The third kappa shape index (κ3) is 2.74. The van der Waals surface area contributed by atoms with Crippen LogP contribution in [0.2, 0.25) is 0 Å². The van der Waals surface area contributed by atoms with Crippen LogP contribution in [-0.2, 0) is 9.30 Å². The van der Waals surface area contributed by atoms with Crippen LogP contribution in [0, 0.1) is 0 Å². The molecule has 0 amide bonds. The molecule has 0 aliphatic carbocycles. The maximum atomic E-state index is 11.5. The van der Waals surface area contributed by atoms with Gasteiger partial charge in [-0.15, -0.1) is 0 Å². The normalized spacial score (nSPS) is 14.2. The summed E-state index contributed by atoms with van der Waals surface area (Å²) in [4.78, 5) is 30.4. The zero-order valence-electron chi connectivity index (χ0n) is 10.3. The average molecular weight is 287 g/mol. The highest BCUT2D eigenvalue weighted by atomic mass is 31.2. The molecule has 0 aliphatic heterocycles. The van der Waals surface area contributed by atoms with E-state index >= 15 is 0 Å². The minimum Gasteiger partial charge on any atom is -0.382 e. The number of ether oxygens (including phenoxy) is 1. The van der Waals surface area contributed by atoms with E-state index < -0.39 is 13.6 Å². The molecule has 0 saturated heterocycles. The van der Waals surface area contributed by atoms with Crippen molar-refractivity contribution < 1.29 is 19.1 Å². The Morgan fingerprint density at radius 3 is 2.63 bits per heavy atom. The van der Waals surface area contributed by atoms with E-state index in [1.807, 2.05) is 0 Å². The SMILES string of the molecule is CC(C)OC(n1cnc2c(N)ncnc21)P(=O)(O)O. The van der Waals surface area contributed by atoms with E-state index in [0.29, 0.717) is 0 Å². The lowest BCUT2D eigenvalue weighted by Crippen LogP contribution is -2.17. The molecule has 0 aromatic carbocycles. The number of nitrogens with zero attached hydrogens (tertiary/aromatic N) is 4. The van der Waals surface area contributed by atoms with Crippen LogP contribution in [0.25, 0.3) is 11.2 Å². The fourth-order valence-electron chi connectivity index (χ4n) is 1.58. The highest BCUT2D eigenvalue weighted by Crippen LogP contribution is 2.50. The van der Waals surface area contributed by atoms with E-state index in [1.54, 1.807) is 13.8 Å². The van der Waals surface area contributed by atoms with E-state index in [1.165, 1.54) is 12.7 Å². The standard InChI is InChI=1S/C9H14N5O4P/c1-5(2)18-9(19(15,16)17)14-4-13-6-7(10)11-3-12-8(6)14/h3-5,9H,1-2H3,(H2,10,11,12)(H2,15,16,17). The van der Waals surface area contributed by atoms with Crippen LogP contribution in [0.4, 0.5) is 5.82 Å². The molecule has 1 atom stereocenters. The summed E-state index contributed by atoms with van der Waals surface area (Å²) in [7, 11) is -4.54. The third-order valence-corrected chi connectivity index (χ3v) is 3.25.